The first-order valence-corrected chi connectivity index (χ1v) is 7.75. The van der Waals surface area contributed by atoms with Crippen molar-refractivity contribution in [2.24, 2.45) is 0 Å². The number of carbonyl (C=O) groups is 2. The van der Waals surface area contributed by atoms with Gasteiger partial charge in [0.2, 0.25) is 5.91 Å². The summed E-state index contributed by atoms with van der Waals surface area (Å²) in [6.45, 7) is 4.42. The Morgan fingerprint density at radius 1 is 1.17 bits per heavy atom. The van der Waals surface area contributed by atoms with Gasteiger partial charge in [0.25, 0.3) is 5.69 Å². The number of nitrogens with zero attached hydrogens (tertiary/aromatic N) is 3. The van der Waals surface area contributed by atoms with E-state index in [-0.39, 0.29) is 17.6 Å². The molecule has 0 saturated carbocycles. The molecule has 1 aliphatic heterocycles. The summed E-state index contributed by atoms with van der Waals surface area (Å²) in [5.74, 6) is -0.135. The maximum Gasteiger partial charge on any atom is 0.317 e. The van der Waals surface area contributed by atoms with Crippen molar-refractivity contribution in [2.45, 2.75) is 6.92 Å². The fourth-order valence-corrected chi connectivity index (χ4v) is 2.37. The molecule has 0 unspecified atom stereocenters. The van der Waals surface area contributed by atoms with Crippen LogP contribution in [-0.2, 0) is 4.79 Å². The number of piperazine rings is 1. The van der Waals surface area contributed by atoms with Gasteiger partial charge in [-0.25, -0.2) is 4.79 Å². The van der Waals surface area contributed by atoms with Gasteiger partial charge in [-0.3, -0.25) is 14.9 Å². The van der Waals surface area contributed by atoms with E-state index < -0.39 is 4.92 Å². The van der Waals surface area contributed by atoms with Crippen LogP contribution in [-0.4, -0.2) is 59.4 Å². The average Bonchev–Trinajstić information content (AvgIpc) is 2.60. The molecule has 1 heterocycles. The zero-order valence-electron chi connectivity index (χ0n) is 13.5. The Bertz CT molecular complexity index is 634. The van der Waals surface area contributed by atoms with E-state index in [1.54, 1.807) is 28.0 Å². The third-order valence-corrected chi connectivity index (χ3v) is 3.73. The van der Waals surface area contributed by atoms with Crippen LogP contribution in [0.3, 0.4) is 0 Å². The Morgan fingerprint density at radius 2 is 1.75 bits per heavy atom. The van der Waals surface area contributed by atoms with E-state index in [4.69, 9.17) is 0 Å². The predicted molar refractivity (Wildman–Crippen MR) is 89.4 cm³/mol. The van der Waals surface area contributed by atoms with E-state index in [1.807, 2.05) is 6.92 Å². The topological polar surface area (TPSA) is 95.8 Å². The molecule has 0 spiro atoms. The summed E-state index contributed by atoms with van der Waals surface area (Å²) in [5.41, 5.74) is 0.731. The molecule has 0 atom stereocenters. The molecular weight excluding hydrogens is 312 g/mol. The zero-order chi connectivity index (χ0) is 17.5. The van der Waals surface area contributed by atoms with Gasteiger partial charge in [0.15, 0.2) is 0 Å². The van der Waals surface area contributed by atoms with E-state index in [0.29, 0.717) is 32.7 Å². The maximum atomic E-state index is 12.2. The number of hydrogen-bond acceptors (Lipinski definition) is 4. The number of non-ortho nitro benzene ring substituents is 1. The van der Waals surface area contributed by atoms with E-state index in [2.05, 4.69) is 5.32 Å². The molecule has 0 aromatic heterocycles. The molecule has 128 valence electrons. The predicted octanol–water partition coefficient (Wildman–Crippen LogP) is 1.48. The van der Waals surface area contributed by atoms with Gasteiger partial charge in [0, 0.05) is 50.9 Å². The first-order chi connectivity index (χ1) is 11.5. The Hall–Kier alpha value is -2.90. The summed E-state index contributed by atoms with van der Waals surface area (Å²) in [6.07, 6.45) is 3.07. The van der Waals surface area contributed by atoms with Crippen LogP contribution in [0, 0.1) is 10.1 Å². The van der Waals surface area contributed by atoms with Crippen molar-refractivity contribution in [1.82, 2.24) is 15.1 Å². The zero-order valence-corrected chi connectivity index (χ0v) is 13.5. The van der Waals surface area contributed by atoms with Gasteiger partial charge in [-0.05, 0) is 30.7 Å². The van der Waals surface area contributed by atoms with Crippen molar-refractivity contribution in [1.29, 1.82) is 0 Å². The summed E-state index contributed by atoms with van der Waals surface area (Å²) < 4.78 is 0. The van der Waals surface area contributed by atoms with Gasteiger partial charge in [-0.1, -0.05) is 0 Å². The van der Waals surface area contributed by atoms with Crippen LogP contribution in [0.15, 0.2) is 30.3 Å². The minimum Gasteiger partial charge on any atom is -0.338 e. The molecule has 8 heteroatoms. The van der Waals surface area contributed by atoms with Crippen molar-refractivity contribution in [2.75, 3.05) is 32.7 Å². The largest absolute Gasteiger partial charge is 0.338 e. The second kappa shape index (κ2) is 8.09. The first-order valence-electron chi connectivity index (χ1n) is 7.75. The SMILES string of the molecule is CCNC(=O)N1CCN(C(=O)/C=C/c2ccc([N+](=O)[O-])cc2)CC1. The lowest BCUT2D eigenvalue weighted by Gasteiger charge is -2.34. The fourth-order valence-electron chi connectivity index (χ4n) is 2.37. The monoisotopic (exact) mass is 332 g/mol. The van der Waals surface area contributed by atoms with Gasteiger partial charge in [-0.15, -0.1) is 0 Å². The molecule has 3 amide bonds. The number of urea groups is 1. The summed E-state index contributed by atoms with van der Waals surface area (Å²) in [5, 5.41) is 13.3. The minimum atomic E-state index is -0.465. The standard InChI is InChI=1S/C16H20N4O4/c1-2-17-16(22)19-11-9-18(10-12-19)15(21)8-5-13-3-6-14(7-4-13)20(23)24/h3-8H,2,9-12H2,1H3,(H,17,22)/b8-5+. The molecule has 1 N–H and O–H groups in total. The molecule has 1 aliphatic rings. The molecule has 1 fully saturated rings. The van der Waals surface area contributed by atoms with E-state index in [0.717, 1.165) is 5.56 Å². The summed E-state index contributed by atoms with van der Waals surface area (Å²) in [6, 6.07) is 5.88. The number of hydrogen-bond donors (Lipinski definition) is 1. The second-order valence-corrected chi connectivity index (χ2v) is 5.33. The van der Waals surface area contributed by atoms with Gasteiger partial charge in [-0.2, -0.15) is 0 Å². The van der Waals surface area contributed by atoms with Crippen molar-refractivity contribution in [3.63, 3.8) is 0 Å². The Balaban J connectivity index is 1.87. The highest BCUT2D eigenvalue weighted by atomic mass is 16.6. The Morgan fingerprint density at radius 3 is 2.29 bits per heavy atom. The Labute approximate surface area is 139 Å². The summed E-state index contributed by atoms with van der Waals surface area (Å²) in [7, 11) is 0. The molecule has 1 aromatic carbocycles. The molecule has 0 radical (unpaired) electrons. The highest BCUT2D eigenvalue weighted by Gasteiger charge is 2.22. The average molecular weight is 332 g/mol. The normalized spacial score (nSPS) is 14.7. The van der Waals surface area contributed by atoms with Crippen LogP contribution in [0.4, 0.5) is 10.5 Å². The van der Waals surface area contributed by atoms with E-state index in [1.165, 1.54) is 18.2 Å². The number of nitro benzene ring substituents is 1. The number of nitro groups is 1. The van der Waals surface area contributed by atoms with Gasteiger partial charge in [0.1, 0.15) is 0 Å². The Kier molecular flexibility index (Phi) is 5.89. The lowest BCUT2D eigenvalue weighted by atomic mass is 10.2. The van der Waals surface area contributed by atoms with Crippen LogP contribution in [0.5, 0.6) is 0 Å². The fraction of sp³-hybridized carbons (Fsp3) is 0.375. The van der Waals surface area contributed by atoms with E-state index in [9.17, 15) is 19.7 Å². The van der Waals surface area contributed by atoms with Crippen molar-refractivity contribution in [3.05, 3.63) is 46.0 Å². The quantitative estimate of drug-likeness (QED) is 0.513. The molecule has 8 nitrogen and oxygen atoms in total. The third-order valence-electron chi connectivity index (χ3n) is 3.73. The number of rotatable bonds is 4. The number of benzene rings is 1. The molecular formula is C16H20N4O4. The number of amides is 3. The van der Waals surface area contributed by atoms with Crippen LogP contribution in [0.1, 0.15) is 12.5 Å². The van der Waals surface area contributed by atoms with Crippen LogP contribution < -0.4 is 5.32 Å². The lowest BCUT2D eigenvalue weighted by Crippen LogP contribution is -2.52. The summed E-state index contributed by atoms with van der Waals surface area (Å²) in [4.78, 5) is 37.4. The number of nitrogens with one attached hydrogen (secondary N) is 1. The molecule has 24 heavy (non-hydrogen) atoms. The van der Waals surface area contributed by atoms with Crippen molar-refractivity contribution < 1.29 is 14.5 Å². The molecule has 0 bridgehead atoms. The highest BCUT2D eigenvalue weighted by Crippen LogP contribution is 2.13. The van der Waals surface area contributed by atoms with E-state index >= 15 is 0 Å². The second-order valence-electron chi connectivity index (χ2n) is 5.33. The number of carbonyl (C=O) groups excluding carboxylic acids is 2. The van der Waals surface area contributed by atoms with Crippen molar-refractivity contribution >= 4 is 23.7 Å². The van der Waals surface area contributed by atoms with Gasteiger partial charge < -0.3 is 15.1 Å². The van der Waals surface area contributed by atoms with Gasteiger partial charge >= 0.3 is 6.03 Å². The van der Waals surface area contributed by atoms with Crippen molar-refractivity contribution in [3.8, 4) is 0 Å². The first kappa shape index (κ1) is 17.5. The maximum absolute atomic E-state index is 12.2. The molecule has 1 saturated heterocycles. The molecule has 1 aromatic rings. The molecule has 2 rings (SSSR count). The third kappa shape index (κ3) is 4.55. The molecule has 0 aliphatic carbocycles. The van der Waals surface area contributed by atoms with Gasteiger partial charge in [0.05, 0.1) is 4.92 Å². The highest BCUT2D eigenvalue weighted by molar-refractivity contribution is 5.92. The van der Waals surface area contributed by atoms with Crippen LogP contribution in [0.25, 0.3) is 6.08 Å². The van der Waals surface area contributed by atoms with Crippen LogP contribution in [0.2, 0.25) is 0 Å². The smallest absolute Gasteiger partial charge is 0.317 e. The summed E-state index contributed by atoms with van der Waals surface area (Å²) >= 11 is 0. The minimum absolute atomic E-state index is 0.0138. The van der Waals surface area contributed by atoms with Crippen LogP contribution >= 0.6 is 0 Å². The lowest BCUT2D eigenvalue weighted by molar-refractivity contribution is -0.384.